The summed E-state index contributed by atoms with van der Waals surface area (Å²) in [6, 6.07) is 13.5. The largest absolute Gasteiger partial charge is 0.497 e. The number of benzene rings is 2. The molecule has 0 saturated carbocycles. The number of halogens is 1. The quantitative estimate of drug-likeness (QED) is 0.722. The van der Waals surface area contributed by atoms with E-state index in [0.29, 0.717) is 11.8 Å². The van der Waals surface area contributed by atoms with E-state index >= 15 is 0 Å². The fraction of sp³-hybridized carbons (Fsp3) is 0.0667. The SMILES string of the molecule is COc1ccc(Oc2ncc3ccccc3n2)c(Br)c1. The normalized spacial score (nSPS) is 10.5. The van der Waals surface area contributed by atoms with E-state index in [-0.39, 0.29) is 0 Å². The number of hydrogen-bond donors (Lipinski definition) is 0. The van der Waals surface area contributed by atoms with Crippen LogP contribution < -0.4 is 9.47 Å². The molecule has 0 spiro atoms. The number of hydrogen-bond acceptors (Lipinski definition) is 4. The summed E-state index contributed by atoms with van der Waals surface area (Å²) in [6.07, 6.45) is 1.75. The van der Waals surface area contributed by atoms with Gasteiger partial charge in [-0.05, 0) is 40.2 Å². The first-order chi connectivity index (χ1) is 9.76. The maximum absolute atomic E-state index is 5.69. The zero-order chi connectivity index (χ0) is 13.9. The summed E-state index contributed by atoms with van der Waals surface area (Å²) in [5.41, 5.74) is 0.849. The van der Waals surface area contributed by atoms with Crippen molar-refractivity contribution >= 4 is 26.8 Å². The summed E-state index contributed by atoms with van der Waals surface area (Å²) in [5, 5.41) is 0.980. The average Bonchev–Trinajstić information content (AvgIpc) is 2.49. The van der Waals surface area contributed by atoms with Gasteiger partial charge in [0.25, 0.3) is 0 Å². The van der Waals surface area contributed by atoms with Crippen LogP contribution in [0, 0.1) is 0 Å². The van der Waals surface area contributed by atoms with Crippen LogP contribution in [-0.2, 0) is 0 Å². The first kappa shape index (κ1) is 12.9. The maximum Gasteiger partial charge on any atom is 0.322 e. The van der Waals surface area contributed by atoms with Crippen LogP contribution in [0.2, 0.25) is 0 Å². The van der Waals surface area contributed by atoms with Crippen LogP contribution in [0.3, 0.4) is 0 Å². The highest BCUT2D eigenvalue weighted by Crippen LogP contribution is 2.31. The van der Waals surface area contributed by atoms with E-state index in [4.69, 9.17) is 9.47 Å². The molecule has 0 bridgehead atoms. The molecule has 0 radical (unpaired) electrons. The molecule has 20 heavy (non-hydrogen) atoms. The van der Waals surface area contributed by atoms with E-state index in [1.165, 1.54) is 0 Å². The minimum Gasteiger partial charge on any atom is -0.497 e. The molecule has 0 fully saturated rings. The highest BCUT2D eigenvalue weighted by Gasteiger charge is 2.07. The Kier molecular flexibility index (Phi) is 3.52. The Balaban J connectivity index is 1.92. The number of methoxy groups -OCH3 is 1. The fourth-order valence-corrected chi connectivity index (χ4v) is 2.23. The van der Waals surface area contributed by atoms with Gasteiger partial charge in [-0.3, -0.25) is 0 Å². The van der Waals surface area contributed by atoms with Gasteiger partial charge in [0.2, 0.25) is 0 Å². The van der Waals surface area contributed by atoms with Crippen molar-refractivity contribution in [1.82, 2.24) is 9.97 Å². The molecule has 0 amide bonds. The van der Waals surface area contributed by atoms with Crippen molar-refractivity contribution in [1.29, 1.82) is 0 Å². The molecule has 0 aliphatic heterocycles. The van der Waals surface area contributed by atoms with Gasteiger partial charge in [0.1, 0.15) is 11.5 Å². The molecule has 1 heterocycles. The lowest BCUT2D eigenvalue weighted by Crippen LogP contribution is -1.93. The molecule has 1 aromatic heterocycles. The van der Waals surface area contributed by atoms with Crippen LogP contribution >= 0.6 is 15.9 Å². The first-order valence-electron chi connectivity index (χ1n) is 5.99. The van der Waals surface area contributed by atoms with Crippen LogP contribution in [-0.4, -0.2) is 17.1 Å². The van der Waals surface area contributed by atoms with E-state index in [1.807, 2.05) is 42.5 Å². The molecule has 0 unspecified atom stereocenters. The van der Waals surface area contributed by atoms with Crippen molar-refractivity contribution in [2.45, 2.75) is 0 Å². The van der Waals surface area contributed by atoms with Gasteiger partial charge in [-0.1, -0.05) is 18.2 Å². The molecule has 4 nitrogen and oxygen atoms in total. The van der Waals surface area contributed by atoms with Crippen molar-refractivity contribution in [2.75, 3.05) is 7.11 Å². The van der Waals surface area contributed by atoms with Gasteiger partial charge in [-0.2, -0.15) is 4.98 Å². The lowest BCUT2D eigenvalue weighted by atomic mass is 10.2. The summed E-state index contributed by atoms with van der Waals surface area (Å²) in [7, 11) is 1.62. The molecule has 100 valence electrons. The molecule has 3 aromatic rings. The molecule has 0 N–H and O–H groups in total. The van der Waals surface area contributed by atoms with Crippen LogP contribution in [0.5, 0.6) is 17.5 Å². The number of ether oxygens (including phenoxy) is 2. The Hall–Kier alpha value is -2.14. The fourth-order valence-electron chi connectivity index (χ4n) is 1.79. The van der Waals surface area contributed by atoms with Crippen molar-refractivity contribution in [3.8, 4) is 17.5 Å². The molecular weight excluding hydrogens is 320 g/mol. The lowest BCUT2D eigenvalue weighted by molar-refractivity contribution is 0.410. The highest BCUT2D eigenvalue weighted by molar-refractivity contribution is 9.10. The van der Waals surface area contributed by atoms with Gasteiger partial charge in [0, 0.05) is 11.6 Å². The number of para-hydroxylation sites is 1. The number of fused-ring (bicyclic) bond motifs is 1. The molecule has 0 saturated heterocycles. The predicted octanol–water partition coefficient (Wildman–Crippen LogP) is 4.19. The zero-order valence-electron chi connectivity index (χ0n) is 10.7. The number of nitrogens with zero attached hydrogens (tertiary/aromatic N) is 2. The molecule has 0 atom stereocenters. The second-order valence-corrected chi connectivity index (χ2v) is 4.96. The van der Waals surface area contributed by atoms with Gasteiger partial charge in [0.15, 0.2) is 0 Å². The number of aromatic nitrogens is 2. The van der Waals surface area contributed by atoms with Gasteiger partial charge >= 0.3 is 6.01 Å². The predicted molar refractivity (Wildman–Crippen MR) is 80.3 cm³/mol. The summed E-state index contributed by atoms with van der Waals surface area (Å²) in [6.45, 7) is 0. The molecule has 2 aromatic carbocycles. The Morgan fingerprint density at radius 2 is 1.95 bits per heavy atom. The second kappa shape index (κ2) is 5.46. The van der Waals surface area contributed by atoms with E-state index in [1.54, 1.807) is 13.3 Å². The smallest absolute Gasteiger partial charge is 0.322 e. The molecule has 0 aliphatic carbocycles. The molecular formula is C15H11BrN2O2. The van der Waals surface area contributed by atoms with Crippen LogP contribution in [0.1, 0.15) is 0 Å². The van der Waals surface area contributed by atoms with Gasteiger partial charge in [-0.15, -0.1) is 0 Å². The van der Waals surface area contributed by atoms with Gasteiger partial charge in [-0.25, -0.2) is 4.98 Å². The van der Waals surface area contributed by atoms with Crippen molar-refractivity contribution in [2.24, 2.45) is 0 Å². The summed E-state index contributed by atoms with van der Waals surface area (Å²) in [4.78, 5) is 8.57. The Labute approximate surface area is 124 Å². The van der Waals surface area contributed by atoms with Crippen LogP contribution in [0.15, 0.2) is 53.1 Å². The highest BCUT2D eigenvalue weighted by atomic mass is 79.9. The van der Waals surface area contributed by atoms with E-state index in [0.717, 1.165) is 21.1 Å². The van der Waals surface area contributed by atoms with Crippen LogP contribution in [0.4, 0.5) is 0 Å². The van der Waals surface area contributed by atoms with Crippen molar-refractivity contribution < 1.29 is 9.47 Å². The minimum atomic E-state index is 0.314. The Morgan fingerprint density at radius 1 is 1.10 bits per heavy atom. The van der Waals surface area contributed by atoms with Gasteiger partial charge < -0.3 is 9.47 Å². The Bertz CT molecular complexity index is 762. The standard InChI is InChI=1S/C15H11BrN2O2/c1-19-11-6-7-14(12(16)8-11)20-15-17-9-10-4-2-3-5-13(10)18-15/h2-9H,1H3. The van der Waals surface area contributed by atoms with Crippen molar-refractivity contribution in [3.05, 3.63) is 53.1 Å². The third-order valence-electron chi connectivity index (χ3n) is 2.81. The minimum absolute atomic E-state index is 0.314. The summed E-state index contributed by atoms with van der Waals surface area (Å²) >= 11 is 3.43. The Morgan fingerprint density at radius 3 is 2.75 bits per heavy atom. The first-order valence-corrected chi connectivity index (χ1v) is 6.79. The van der Waals surface area contributed by atoms with E-state index < -0.39 is 0 Å². The monoisotopic (exact) mass is 330 g/mol. The molecule has 0 aliphatic rings. The number of rotatable bonds is 3. The topological polar surface area (TPSA) is 44.2 Å². The third kappa shape index (κ3) is 2.58. The zero-order valence-corrected chi connectivity index (χ0v) is 12.3. The summed E-state index contributed by atoms with van der Waals surface area (Å²) in [5.74, 6) is 1.39. The van der Waals surface area contributed by atoms with Crippen molar-refractivity contribution in [3.63, 3.8) is 0 Å². The van der Waals surface area contributed by atoms with Gasteiger partial charge in [0.05, 0.1) is 17.1 Å². The molecule has 3 rings (SSSR count). The lowest BCUT2D eigenvalue weighted by Gasteiger charge is -2.08. The second-order valence-electron chi connectivity index (χ2n) is 4.11. The average molecular weight is 331 g/mol. The molecule has 5 heteroatoms. The van der Waals surface area contributed by atoms with Crippen LogP contribution in [0.25, 0.3) is 10.9 Å². The summed E-state index contributed by atoms with van der Waals surface area (Å²) < 4.78 is 11.6. The van der Waals surface area contributed by atoms with E-state index in [2.05, 4.69) is 25.9 Å². The maximum atomic E-state index is 5.69. The third-order valence-corrected chi connectivity index (χ3v) is 3.43. The van der Waals surface area contributed by atoms with E-state index in [9.17, 15) is 0 Å².